The van der Waals surface area contributed by atoms with Gasteiger partial charge >= 0.3 is 0 Å². The van der Waals surface area contributed by atoms with E-state index >= 15 is 0 Å². The zero-order chi connectivity index (χ0) is 19.0. The third-order valence-electron chi connectivity index (χ3n) is 5.31. The number of benzene rings is 1. The lowest BCUT2D eigenvalue weighted by Gasteiger charge is -2.29. The van der Waals surface area contributed by atoms with Crippen LogP contribution in [-0.4, -0.2) is 31.7 Å². The second-order valence-electron chi connectivity index (χ2n) is 7.53. The fourth-order valence-electron chi connectivity index (χ4n) is 4.05. The molecule has 1 heterocycles. The zero-order valence-electron chi connectivity index (χ0n) is 15.3. The normalized spacial score (nSPS) is 22.6. The Morgan fingerprint density at radius 3 is 2.63 bits per heavy atom. The molecule has 8 heteroatoms. The van der Waals surface area contributed by atoms with E-state index in [4.69, 9.17) is 4.98 Å². The van der Waals surface area contributed by atoms with Crippen LogP contribution in [0.15, 0.2) is 18.2 Å². The third kappa shape index (κ3) is 4.50. The first kappa shape index (κ1) is 18.8. The van der Waals surface area contributed by atoms with Gasteiger partial charge in [0.15, 0.2) is 5.13 Å². The number of aromatic nitrogens is 1. The summed E-state index contributed by atoms with van der Waals surface area (Å²) in [6.07, 6.45) is 7.64. The number of sulfonamides is 1. The van der Waals surface area contributed by atoms with Crippen molar-refractivity contribution in [3.05, 3.63) is 34.5 Å². The number of hydrogen-bond donors (Lipinski definition) is 2. The molecular formula is C19H24FN3O2S2. The van der Waals surface area contributed by atoms with E-state index in [2.05, 4.69) is 10.0 Å². The highest BCUT2D eigenvalue weighted by Crippen LogP contribution is 2.38. The summed E-state index contributed by atoms with van der Waals surface area (Å²) >= 11 is 1.67. The maximum Gasteiger partial charge on any atom is 0.208 e. The first-order valence-corrected chi connectivity index (χ1v) is 12.1. The second kappa shape index (κ2) is 7.48. The quantitative estimate of drug-likeness (QED) is 0.808. The van der Waals surface area contributed by atoms with Gasteiger partial charge in [-0.25, -0.2) is 22.5 Å². The molecule has 0 unspecified atom stereocenters. The molecule has 0 amide bonds. The van der Waals surface area contributed by atoms with Gasteiger partial charge in [0.2, 0.25) is 10.0 Å². The summed E-state index contributed by atoms with van der Waals surface area (Å²) in [4.78, 5) is 6.01. The van der Waals surface area contributed by atoms with Crippen LogP contribution in [-0.2, 0) is 22.9 Å². The van der Waals surface area contributed by atoms with Crippen LogP contribution >= 0.6 is 11.3 Å². The number of halogens is 1. The Morgan fingerprint density at radius 2 is 1.89 bits per heavy atom. The summed E-state index contributed by atoms with van der Waals surface area (Å²) in [6.45, 7) is 0. The molecule has 0 atom stereocenters. The van der Waals surface area contributed by atoms with E-state index in [1.807, 2.05) is 6.07 Å². The van der Waals surface area contributed by atoms with Crippen molar-refractivity contribution in [2.75, 3.05) is 11.6 Å². The van der Waals surface area contributed by atoms with Gasteiger partial charge < -0.3 is 5.32 Å². The van der Waals surface area contributed by atoms with Crippen LogP contribution in [0.2, 0.25) is 0 Å². The molecular weight excluding hydrogens is 385 g/mol. The van der Waals surface area contributed by atoms with Gasteiger partial charge in [0, 0.05) is 22.5 Å². The number of nitrogens with one attached hydrogen (secondary N) is 2. The summed E-state index contributed by atoms with van der Waals surface area (Å²) in [6, 6.07) is 5.33. The summed E-state index contributed by atoms with van der Waals surface area (Å²) in [5, 5.41) is 4.41. The zero-order valence-corrected chi connectivity index (χ0v) is 16.9. The van der Waals surface area contributed by atoms with Gasteiger partial charge in [0.05, 0.1) is 11.9 Å². The minimum Gasteiger partial charge on any atom is -0.359 e. The summed E-state index contributed by atoms with van der Waals surface area (Å²) < 4.78 is 39.2. The molecule has 2 N–H and O–H groups in total. The average molecular weight is 410 g/mol. The van der Waals surface area contributed by atoms with Crippen molar-refractivity contribution in [1.82, 2.24) is 9.71 Å². The monoisotopic (exact) mass is 409 g/mol. The van der Waals surface area contributed by atoms with Gasteiger partial charge in [-0.15, -0.1) is 11.3 Å². The van der Waals surface area contributed by atoms with Gasteiger partial charge in [0.1, 0.15) is 5.82 Å². The third-order valence-corrected chi connectivity index (χ3v) is 7.12. The SMILES string of the molecule is CS(=O)(=O)NC1CCC(Nc2nc3c(s2)CCCc2ccc(F)cc2-3)CC1. The first-order valence-electron chi connectivity index (χ1n) is 9.40. The maximum absolute atomic E-state index is 13.8. The number of aryl methyl sites for hydroxylation is 2. The topological polar surface area (TPSA) is 71.1 Å². The van der Waals surface area contributed by atoms with E-state index in [0.717, 1.165) is 61.3 Å². The van der Waals surface area contributed by atoms with E-state index in [1.165, 1.54) is 22.8 Å². The molecule has 2 aliphatic carbocycles. The number of anilines is 1. The first-order chi connectivity index (χ1) is 12.9. The van der Waals surface area contributed by atoms with Crippen molar-refractivity contribution < 1.29 is 12.8 Å². The van der Waals surface area contributed by atoms with Crippen molar-refractivity contribution in [3.8, 4) is 11.3 Å². The second-order valence-corrected chi connectivity index (χ2v) is 10.4. The van der Waals surface area contributed by atoms with Gasteiger partial charge in [-0.1, -0.05) is 6.07 Å². The minimum absolute atomic E-state index is 0.0286. The molecule has 0 saturated heterocycles. The average Bonchev–Trinajstić information content (AvgIpc) is 2.91. The fourth-order valence-corrected chi connectivity index (χ4v) is 5.99. The van der Waals surface area contributed by atoms with E-state index in [1.54, 1.807) is 17.4 Å². The Labute approximate surface area is 163 Å². The molecule has 0 radical (unpaired) electrons. The lowest BCUT2D eigenvalue weighted by molar-refractivity contribution is 0.388. The predicted molar refractivity (Wildman–Crippen MR) is 107 cm³/mol. The van der Waals surface area contributed by atoms with E-state index in [-0.39, 0.29) is 11.9 Å². The largest absolute Gasteiger partial charge is 0.359 e. The van der Waals surface area contributed by atoms with Gasteiger partial charge in [-0.3, -0.25) is 0 Å². The van der Waals surface area contributed by atoms with Crippen LogP contribution in [0.25, 0.3) is 11.3 Å². The molecule has 1 saturated carbocycles. The standard InChI is InChI=1S/C19H24FN3O2S2/c1-27(24,25)23-15-9-7-14(8-10-15)21-19-22-18-16-11-13(20)6-5-12(16)3-2-4-17(18)26-19/h5-6,11,14-15,23H,2-4,7-10H2,1H3,(H,21,22). The lowest BCUT2D eigenvalue weighted by Crippen LogP contribution is -2.39. The van der Waals surface area contributed by atoms with E-state index < -0.39 is 10.0 Å². The van der Waals surface area contributed by atoms with Crippen LogP contribution in [0, 0.1) is 5.82 Å². The molecule has 1 aromatic heterocycles. The number of thiazole rings is 1. The van der Waals surface area contributed by atoms with Crippen LogP contribution in [0.3, 0.4) is 0 Å². The number of fused-ring (bicyclic) bond motifs is 3. The van der Waals surface area contributed by atoms with E-state index in [0.29, 0.717) is 6.04 Å². The molecule has 2 aliphatic rings. The summed E-state index contributed by atoms with van der Waals surface area (Å²) in [7, 11) is -3.15. The summed E-state index contributed by atoms with van der Waals surface area (Å²) in [5.74, 6) is -0.221. The van der Waals surface area contributed by atoms with Crippen molar-refractivity contribution in [3.63, 3.8) is 0 Å². The molecule has 2 aromatic rings. The Hall–Kier alpha value is -1.51. The Balaban J connectivity index is 1.46. The summed E-state index contributed by atoms with van der Waals surface area (Å²) in [5.41, 5.74) is 3.01. The van der Waals surface area contributed by atoms with Crippen molar-refractivity contribution in [2.24, 2.45) is 0 Å². The Morgan fingerprint density at radius 1 is 1.15 bits per heavy atom. The highest BCUT2D eigenvalue weighted by atomic mass is 32.2. The van der Waals surface area contributed by atoms with Gasteiger partial charge in [-0.2, -0.15) is 0 Å². The Kier molecular flexibility index (Phi) is 5.22. The fraction of sp³-hybridized carbons (Fsp3) is 0.526. The lowest BCUT2D eigenvalue weighted by atomic mass is 9.92. The van der Waals surface area contributed by atoms with Gasteiger partial charge in [-0.05, 0) is 62.6 Å². The Bertz CT molecular complexity index is 934. The molecule has 1 fully saturated rings. The van der Waals surface area contributed by atoms with Crippen molar-refractivity contribution in [1.29, 1.82) is 0 Å². The molecule has 27 heavy (non-hydrogen) atoms. The van der Waals surface area contributed by atoms with Crippen LogP contribution in [0.5, 0.6) is 0 Å². The van der Waals surface area contributed by atoms with Crippen LogP contribution in [0.4, 0.5) is 9.52 Å². The maximum atomic E-state index is 13.8. The molecule has 1 aromatic carbocycles. The van der Waals surface area contributed by atoms with E-state index in [9.17, 15) is 12.8 Å². The minimum atomic E-state index is -3.15. The van der Waals surface area contributed by atoms with Crippen molar-refractivity contribution >= 4 is 26.5 Å². The molecule has 0 aliphatic heterocycles. The molecule has 0 bridgehead atoms. The molecule has 0 spiro atoms. The molecule has 146 valence electrons. The molecule has 5 nitrogen and oxygen atoms in total. The van der Waals surface area contributed by atoms with Crippen molar-refractivity contribution in [2.45, 2.75) is 57.0 Å². The molecule has 4 rings (SSSR count). The smallest absolute Gasteiger partial charge is 0.208 e. The predicted octanol–water partition coefficient (Wildman–Crippen LogP) is 3.71. The number of hydrogen-bond acceptors (Lipinski definition) is 5. The van der Waals surface area contributed by atoms with Crippen LogP contribution in [0.1, 0.15) is 42.5 Å². The highest BCUT2D eigenvalue weighted by Gasteiger charge is 2.25. The number of nitrogens with zero attached hydrogens (tertiary/aromatic N) is 1. The van der Waals surface area contributed by atoms with Gasteiger partial charge in [0.25, 0.3) is 0 Å². The van der Waals surface area contributed by atoms with Crippen LogP contribution < -0.4 is 10.0 Å². The highest BCUT2D eigenvalue weighted by molar-refractivity contribution is 7.88. The number of rotatable bonds is 4.